The number of rotatable bonds is 21. The number of nitrogens with zero attached hydrogens (tertiary/aromatic N) is 10. The fraction of sp³-hybridized carbons (Fsp3) is 0.435. The van der Waals surface area contributed by atoms with Crippen molar-refractivity contribution in [3.8, 4) is 11.8 Å². The first kappa shape index (κ1) is 53.2. The minimum absolute atomic E-state index is 0.00121. The van der Waals surface area contributed by atoms with Crippen LogP contribution < -0.4 is 32.2 Å². The van der Waals surface area contributed by atoms with E-state index < -0.39 is 97.9 Å². The number of alkyl halides is 2. The van der Waals surface area contributed by atoms with Crippen LogP contribution in [0.4, 0.5) is 8.78 Å². The molecule has 392 valence electrons. The topological polar surface area (TPSA) is 360 Å². The Hall–Kier alpha value is -8.58. The lowest BCUT2D eigenvalue weighted by Gasteiger charge is -2.40. The third-order valence-corrected chi connectivity index (χ3v) is 12.4. The Bertz CT molecular complexity index is 2900. The molecule has 4 aromatic rings. The first-order chi connectivity index (χ1) is 35.3. The lowest BCUT2D eigenvalue weighted by Crippen LogP contribution is -2.52. The number of carbonyl (C=O) groups excluding carboxylic acids is 6. The van der Waals surface area contributed by atoms with E-state index in [9.17, 15) is 62.6 Å². The van der Waals surface area contributed by atoms with Crippen LogP contribution in [0.1, 0.15) is 47.7 Å². The second-order valence-electron chi connectivity index (χ2n) is 17.8. The van der Waals surface area contributed by atoms with Crippen LogP contribution in [0.3, 0.4) is 0 Å². The Balaban J connectivity index is 1.04. The lowest BCUT2D eigenvalue weighted by atomic mass is 10.1. The monoisotopic (exact) mass is 1030 g/mol. The Kier molecular flexibility index (Phi) is 16.8. The number of nitriles is 1. The van der Waals surface area contributed by atoms with Crippen molar-refractivity contribution in [2.75, 3.05) is 52.4 Å². The smallest absolute Gasteiger partial charge is 0.326 e. The number of hydrogen-bond donors (Lipinski definition) is 7. The van der Waals surface area contributed by atoms with E-state index in [4.69, 9.17) is 16.2 Å². The zero-order valence-electron chi connectivity index (χ0n) is 39.7. The molecule has 28 heteroatoms. The van der Waals surface area contributed by atoms with Crippen LogP contribution in [0.5, 0.6) is 5.75 Å². The second kappa shape index (κ2) is 23.3. The predicted octanol–water partition coefficient (Wildman–Crippen LogP) is -1.68. The first-order valence-corrected chi connectivity index (χ1v) is 23.2. The molecule has 3 aliphatic heterocycles. The van der Waals surface area contributed by atoms with Crippen molar-refractivity contribution in [2.24, 2.45) is 11.5 Å². The van der Waals surface area contributed by atoms with Crippen molar-refractivity contribution in [3.05, 3.63) is 83.9 Å². The van der Waals surface area contributed by atoms with Crippen LogP contribution in [-0.2, 0) is 59.7 Å². The van der Waals surface area contributed by atoms with Crippen molar-refractivity contribution in [2.45, 2.75) is 75.9 Å². The average Bonchev–Trinajstić information content (AvgIpc) is 4.07. The van der Waals surface area contributed by atoms with Crippen molar-refractivity contribution < 1.29 is 62.1 Å². The molecule has 3 aromatic heterocycles. The standard InChI is InChI=1S/C46H53F2N15O11/c47-46(48)17-27(18-49)63(26-46)41(67)19-55-43(69)29-4-5-52-31-3-2-28(14-30(29)31)74-13-1-8-58-11-12-62-35(21-58)34(56-32(44(70)71)15-36(50)64)20-60-9-6-53-38(60)22-59(25-42(62)68)23-39-54-7-10-61(39)24-40(66)57-33(45(72)73)16-37(51)65/h2-7,9-10,14,27,32-33,56H,1,8,11-13,15-17,19-26H2,(H2,50,64)(H2,51,65)(H,55,69)(H,57,66)(H,70,71)(H,72,73)/b35-34+. The highest BCUT2D eigenvalue weighted by Gasteiger charge is 2.47. The molecule has 2 fully saturated rings. The van der Waals surface area contributed by atoms with Crippen LogP contribution >= 0.6 is 0 Å². The van der Waals surface area contributed by atoms with Gasteiger partial charge in [0.05, 0.1) is 87.3 Å². The molecule has 6 heterocycles. The molecule has 3 unspecified atom stereocenters. The van der Waals surface area contributed by atoms with Gasteiger partial charge in [0.25, 0.3) is 11.8 Å². The highest BCUT2D eigenvalue weighted by atomic mass is 19.3. The third-order valence-electron chi connectivity index (χ3n) is 12.4. The molecule has 3 atom stereocenters. The molecule has 0 spiro atoms. The Labute approximate surface area is 419 Å². The van der Waals surface area contributed by atoms with Crippen LogP contribution in [0, 0.1) is 11.3 Å². The molecule has 3 aliphatic rings. The fourth-order valence-electron chi connectivity index (χ4n) is 8.83. The normalized spacial score (nSPS) is 18.8. The molecule has 1 aromatic carbocycles. The molecule has 0 radical (unpaired) electrons. The number of piperazine rings is 1. The maximum atomic E-state index is 14.5. The molecule has 26 nitrogen and oxygen atoms in total. The van der Waals surface area contributed by atoms with E-state index in [-0.39, 0.29) is 63.9 Å². The number of hydrogen-bond acceptors (Lipinski definition) is 16. The van der Waals surface area contributed by atoms with E-state index in [1.807, 2.05) is 4.90 Å². The van der Waals surface area contributed by atoms with E-state index in [2.05, 4.69) is 30.9 Å². The van der Waals surface area contributed by atoms with Gasteiger partial charge in [0.2, 0.25) is 29.5 Å². The minimum atomic E-state index is -3.21. The number of allylic oxidation sites excluding steroid dienone is 1. The number of imidazole rings is 2. The van der Waals surface area contributed by atoms with Gasteiger partial charge in [0.15, 0.2) is 0 Å². The number of aromatic nitrogens is 5. The number of carboxylic acid groups (broad SMARTS) is 2. The molecule has 2 saturated heterocycles. The van der Waals surface area contributed by atoms with Crippen LogP contribution in [-0.4, -0.2) is 178 Å². The summed E-state index contributed by atoms with van der Waals surface area (Å²) in [6.07, 6.45) is 6.05. The summed E-state index contributed by atoms with van der Waals surface area (Å²) in [5.41, 5.74) is 11.9. The number of nitrogens with one attached hydrogen (secondary N) is 3. The quantitative estimate of drug-likeness (QED) is 0.0458. The highest BCUT2D eigenvalue weighted by Crippen LogP contribution is 2.32. The molecule has 6 amide bonds. The fourth-order valence-corrected chi connectivity index (χ4v) is 8.83. The van der Waals surface area contributed by atoms with Crippen molar-refractivity contribution >= 4 is 58.3 Å². The van der Waals surface area contributed by atoms with E-state index >= 15 is 0 Å². The number of halogens is 2. The number of nitrogens with two attached hydrogens (primary N) is 2. The number of fused-ring (bicyclic) bond motifs is 3. The first-order valence-electron chi connectivity index (χ1n) is 23.2. The van der Waals surface area contributed by atoms with Gasteiger partial charge in [0, 0.05) is 69.0 Å². The number of primary amides is 2. The van der Waals surface area contributed by atoms with Gasteiger partial charge in [-0.25, -0.2) is 28.3 Å². The van der Waals surface area contributed by atoms with Gasteiger partial charge in [-0.1, -0.05) is 0 Å². The largest absolute Gasteiger partial charge is 0.494 e. The Morgan fingerprint density at radius 1 is 0.905 bits per heavy atom. The number of carbonyl (C=O) groups is 8. The highest BCUT2D eigenvalue weighted by molar-refractivity contribution is 6.07. The van der Waals surface area contributed by atoms with Crippen LogP contribution in [0.2, 0.25) is 0 Å². The van der Waals surface area contributed by atoms with Gasteiger partial charge in [0.1, 0.15) is 42.1 Å². The number of likely N-dealkylation sites (tertiary alicyclic amines) is 1. The third kappa shape index (κ3) is 13.5. The number of aliphatic carboxylic acids is 2. The molecule has 9 N–H and O–H groups in total. The van der Waals surface area contributed by atoms with E-state index in [0.29, 0.717) is 59.2 Å². The maximum absolute atomic E-state index is 14.5. The summed E-state index contributed by atoms with van der Waals surface area (Å²) in [5, 5.41) is 37.0. The SMILES string of the molecule is N#CC1CC(F)(F)CN1C(=O)CNC(=O)c1ccnc2ccc(OCCCN3CCN4C(=O)CN(Cc5nccn5CC(=O)NC(CC(N)=O)C(=O)O)Cc5nccn5C/C(NC(CC(N)=O)C(=O)O)=C\4C3)cc12. The zero-order chi connectivity index (χ0) is 53.3. The number of pyridine rings is 1. The minimum Gasteiger partial charge on any atom is -0.494 e. The van der Waals surface area contributed by atoms with Crippen molar-refractivity contribution in [3.63, 3.8) is 0 Å². The van der Waals surface area contributed by atoms with Crippen molar-refractivity contribution in [1.29, 1.82) is 5.26 Å². The van der Waals surface area contributed by atoms with E-state index in [1.165, 1.54) is 35.4 Å². The summed E-state index contributed by atoms with van der Waals surface area (Å²) in [7, 11) is 0. The summed E-state index contributed by atoms with van der Waals surface area (Å²) in [6, 6.07) is 3.74. The van der Waals surface area contributed by atoms with Gasteiger partial charge in [-0.15, -0.1) is 0 Å². The Morgan fingerprint density at radius 3 is 2.38 bits per heavy atom. The summed E-state index contributed by atoms with van der Waals surface area (Å²) >= 11 is 0. The van der Waals surface area contributed by atoms with Gasteiger partial charge >= 0.3 is 11.9 Å². The average molecular weight is 1030 g/mol. The summed E-state index contributed by atoms with van der Waals surface area (Å²) in [5.74, 6) is -9.19. The summed E-state index contributed by atoms with van der Waals surface area (Å²) < 4.78 is 37.2. The lowest BCUT2D eigenvalue weighted by molar-refractivity contribution is -0.143. The molecule has 0 aliphatic carbocycles. The molecule has 74 heavy (non-hydrogen) atoms. The number of carboxylic acids is 2. The molecule has 7 rings (SSSR count). The van der Waals surface area contributed by atoms with E-state index in [0.717, 1.165) is 4.90 Å². The van der Waals surface area contributed by atoms with Gasteiger partial charge in [-0.2, -0.15) is 5.26 Å². The van der Waals surface area contributed by atoms with Gasteiger partial charge < -0.3 is 61.3 Å². The number of ether oxygens (including phenoxy) is 1. The van der Waals surface area contributed by atoms with Crippen molar-refractivity contribution in [1.82, 2.24) is 59.6 Å². The summed E-state index contributed by atoms with van der Waals surface area (Å²) in [6.45, 7) is -0.687. The molecule has 0 bridgehead atoms. The van der Waals surface area contributed by atoms with Gasteiger partial charge in [-0.3, -0.25) is 43.6 Å². The van der Waals surface area contributed by atoms with E-state index in [1.54, 1.807) is 44.8 Å². The molecular formula is C46H53F2N15O11. The van der Waals surface area contributed by atoms with Gasteiger partial charge in [-0.05, 0) is 30.7 Å². The van der Waals surface area contributed by atoms with Crippen LogP contribution in [0.25, 0.3) is 10.9 Å². The van der Waals surface area contributed by atoms with Crippen LogP contribution in [0.15, 0.2) is 66.6 Å². The molecular weight excluding hydrogens is 977 g/mol. The second-order valence-corrected chi connectivity index (χ2v) is 17.8. The zero-order valence-corrected chi connectivity index (χ0v) is 39.7. The number of benzene rings is 1. The summed E-state index contributed by atoms with van der Waals surface area (Å²) in [4.78, 5) is 120. The maximum Gasteiger partial charge on any atom is 0.326 e. The number of amides is 6. The molecule has 0 saturated carbocycles. The Morgan fingerprint density at radius 2 is 1.65 bits per heavy atom. The predicted molar refractivity (Wildman–Crippen MR) is 250 cm³/mol.